The van der Waals surface area contributed by atoms with Crippen LogP contribution in [0.1, 0.15) is 18.9 Å². The molecule has 1 atom stereocenters. The molecule has 0 aliphatic carbocycles. The number of rotatable bonds is 1. The lowest BCUT2D eigenvalue weighted by atomic mass is 9.98. The Kier molecular flexibility index (Phi) is 2.28. The fourth-order valence-corrected chi connectivity index (χ4v) is 2.22. The molecule has 2 aromatic rings. The van der Waals surface area contributed by atoms with Gasteiger partial charge < -0.3 is 5.32 Å². The molecule has 0 amide bonds. The quantitative estimate of drug-likeness (QED) is 0.809. The molecule has 0 radical (unpaired) electrons. The first kappa shape index (κ1) is 10.2. The fourth-order valence-electron chi connectivity index (χ4n) is 2.22. The van der Waals surface area contributed by atoms with E-state index in [0.29, 0.717) is 0 Å². The maximum atomic E-state index is 11.4. The van der Waals surface area contributed by atoms with Crippen LogP contribution < -0.4 is 5.32 Å². The first-order valence-corrected chi connectivity index (χ1v) is 5.74. The highest BCUT2D eigenvalue weighted by molar-refractivity contribution is 5.86. The van der Waals surface area contributed by atoms with Crippen molar-refractivity contribution in [2.24, 2.45) is 0 Å². The van der Waals surface area contributed by atoms with Crippen molar-refractivity contribution < 1.29 is 4.79 Å². The van der Waals surface area contributed by atoms with Gasteiger partial charge in [-0.1, -0.05) is 0 Å². The molecular weight excluding hydrogens is 214 g/mol. The molecule has 86 valence electrons. The summed E-state index contributed by atoms with van der Waals surface area (Å²) in [7, 11) is 0. The van der Waals surface area contributed by atoms with Crippen molar-refractivity contribution in [3.8, 4) is 0 Å². The number of fused-ring (bicyclic) bond motifs is 2. The predicted molar refractivity (Wildman–Crippen MR) is 66.0 cm³/mol. The second-order valence-corrected chi connectivity index (χ2v) is 4.41. The highest BCUT2D eigenvalue weighted by atomic mass is 16.1. The fraction of sp³-hybridized carbons (Fsp3) is 0.308. The van der Waals surface area contributed by atoms with Gasteiger partial charge in [0.05, 0.1) is 11.6 Å². The largest absolute Gasteiger partial charge is 0.360 e. The topological polar surface area (TPSA) is 54.9 Å². The van der Waals surface area contributed by atoms with Gasteiger partial charge >= 0.3 is 0 Å². The monoisotopic (exact) mass is 227 g/mol. The molecule has 1 aliphatic rings. The number of aromatic nitrogens is 2. The number of Topliss-reactive ketones (excluding diaryl/α,β-unsaturated/α-hetero) is 1. The number of ketones is 1. The highest BCUT2D eigenvalue weighted by Crippen LogP contribution is 2.26. The standard InChI is InChI=1S/C13H13N3O/c1-8(17)11-3-2-9-6-10-7-14-5-4-12(10)16-13(9)15-11/h4-7,11H,2-3H2,1H3,(H,15,16). The van der Waals surface area contributed by atoms with Crippen molar-refractivity contribution in [2.45, 2.75) is 25.8 Å². The lowest BCUT2D eigenvalue weighted by Crippen LogP contribution is -2.32. The van der Waals surface area contributed by atoms with E-state index in [2.05, 4.69) is 21.4 Å². The maximum Gasteiger partial charge on any atom is 0.152 e. The molecule has 4 heteroatoms. The number of nitrogens with zero attached hydrogens (tertiary/aromatic N) is 2. The third-order valence-corrected chi connectivity index (χ3v) is 3.20. The summed E-state index contributed by atoms with van der Waals surface area (Å²) in [5.41, 5.74) is 2.08. The molecular formula is C13H13N3O. The second kappa shape index (κ2) is 3.80. The van der Waals surface area contributed by atoms with Gasteiger partial charge in [0.25, 0.3) is 0 Å². The van der Waals surface area contributed by atoms with Crippen LogP contribution >= 0.6 is 0 Å². The van der Waals surface area contributed by atoms with Gasteiger partial charge in [-0.2, -0.15) is 0 Å². The van der Waals surface area contributed by atoms with E-state index in [1.165, 1.54) is 5.56 Å². The molecule has 0 saturated heterocycles. The molecule has 0 fully saturated rings. The van der Waals surface area contributed by atoms with Crippen LogP contribution in [0.15, 0.2) is 24.5 Å². The van der Waals surface area contributed by atoms with Crippen molar-refractivity contribution in [1.82, 2.24) is 9.97 Å². The number of hydrogen-bond donors (Lipinski definition) is 1. The highest BCUT2D eigenvalue weighted by Gasteiger charge is 2.22. The zero-order chi connectivity index (χ0) is 11.8. The molecule has 1 N–H and O–H groups in total. The minimum Gasteiger partial charge on any atom is -0.360 e. The zero-order valence-corrected chi connectivity index (χ0v) is 9.60. The molecule has 0 aromatic carbocycles. The Morgan fingerprint density at radius 2 is 2.41 bits per heavy atom. The van der Waals surface area contributed by atoms with Crippen LogP contribution in [0.3, 0.4) is 0 Å². The van der Waals surface area contributed by atoms with Crippen molar-refractivity contribution in [3.63, 3.8) is 0 Å². The van der Waals surface area contributed by atoms with E-state index in [0.717, 1.165) is 29.6 Å². The normalized spacial score (nSPS) is 18.5. The van der Waals surface area contributed by atoms with Crippen LogP contribution in [-0.4, -0.2) is 21.8 Å². The summed E-state index contributed by atoms with van der Waals surface area (Å²) in [5, 5.41) is 4.26. The molecule has 3 heterocycles. The number of nitrogens with one attached hydrogen (secondary N) is 1. The Bertz CT molecular complexity index is 594. The average molecular weight is 227 g/mol. The minimum absolute atomic E-state index is 0.0886. The van der Waals surface area contributed by atoms with Gasteiger partial charge in [0.1, 0.15) is 5.82 Å². The summed E-state index contributed by atoms with van der Waals surface area (Å²) in [6, 6.07) is 3.90. The second-order valence-electron chi connectivity index (χ2n) is 4.41. The van der Waals surface area contributed by atoms with E-state index in [1.54, 1.807) is 13.1 Å². The van der Waals surface area contributed by atoms with E-state index in [4.69, 9.17) is 0 Å². The van der Waals surface area contributed by atoms with Gasteiger partial charge in [-0.05, 0) is 37.5 Å². The Morgan fingerprint density at radius 3 is 3.24 bits per heavy atom. The molecule has 1 unspecified atom stereocenters. The van der Waals surface area contributed by atoms with Gasteiger partial charge in [0, 0.05) is 17.8 Å². The van der Waals surface area contributed by atoms with Gasteiger partial charge in [0.15, 0.2) is 5.78 Å². The lowest BCUT2D eigenvalue weighted by molar-refractivity contribution is -0.117. The zero-order valence-electron chi connectivity index (χ0n) is 9.60. The van der Waals surface area contributed by atoms with E-state index in [-0.39, 0.29) is 11.8 Å². The Balaban J connectivity index is 2.07. The Hall–Kier alpha value is -1.97. The van der Waals surface area contributed by atoms with E-state index >= 15 is 0 Å². The molecule has 1 aliphatic heterocycles. The summed E-state index contributed by atoms with van der Waals surface area (Å²) in [4.78, 5) is 20.0. The number of anilines is 1. The van der Waals surface area contributed by atoms with Crippen LogP contribution in [0.2, 0.25) is 0 Å². The third kappa shape index (κ3) is 1.75. The lowest BCUT2D eigenvalue weighted by Gasteiger charge is -2.24. The van der Waals surface area contributed by atoms with Crippen LogP contribution in [0.5, 0.6) is 0 Å². The molecule has 2 aromatic heterocycles. The molecule has 4 nitrogen and oxygen atoms in total. The van der Waals surface area contributed by atoms with E-state index < -0.39 is 0 Å². The van der Waals surface area contributed by atoms with Crippen molar-refractivity contribution >= 4 is 22.5 Å². The molecule has 0 spiro atoms. The summed E-state index contributed by atoms with van der Waals surface area (Å²) in [6.07, 6.45) is 5.28. The van der Waals surface area contributed by atoms with Gasteiger partial charge in [-0.15, -0.1) is 0 Å². The average Bonchev–Trinajstić information content (AvgIpc) is 2.35. The number of pyridine rings is 2. The predicted octanol–water partition coefficient (Wildman–Crippen LogP) is 1.95. The van der Waals surface area contributed by atoms with E-state index in [1.807, 2.05) is 12.3 Å². The number of aryl methyl sites for hydroxylation is 1. The van der Waals surface area contributed by atoms with Crippen LogP contribution in [0.25, 0.3) is 10.9 Å². The van der Waals surface area contributed by atoms with Crippen molar-refractivity contribution in [2.75, 3.05) is 5.32 Å². The Labute approximate surface area is 99.1 Å². The van der Waals surface area contributed by atoms with E-state index in [9.17, 15) is 4.79 Å². The summed E-state index contributed by atoms with van der Waals surface area (Å²) < 4.78 is 0. The van der Waals surface area contributed by atoms with Gasteiger partial charge in [-0.25, -0.2) is 4.98 Å². The molecule has 17 heavy (non-hydrogen) atoms. The Morgan fingerprint density at radius 1 is 1.53 bits per heavy atom. The smallest absolute Gasteiger partial charge is 0.152 e. The van der Waals surface area contributed by atoms with Crippen LogP contribution in [0, 0.1) is 0 Å². The van der Waals surface area contributed by atoms with Gasteiger partial charge in [-0.3, -0.25) is 9.78 Å². The summed E-state index contributed by atoms with van der Waals surface area (Å²) >= 11 is 0. The molecule has 3 rings (SSSR count). The first-order chi connectivity index (χ1) is 8.24. The van der Waals surface area contributed by atoms with Crippen molar-refractivity contribution in [3.05, 3.63) is 30.1 Å². The summed E-state index contributed by atoms with van der Waals surface area (Å²) in [5.74, 6) is 1.02. The van der Waals surface area contributed by atoms with Crippen molar-refractivity contribution in [1.29, 1.82) is 0 Å². The summed E-state index contributed by atoms with van der Waals surface area (Å²) in [6.45, 7) is 1.62. The third-order valence-electron chi connectivity index (χ3n) is 3.20. The number of carbonyl (C=O) groups is 1. The first-order valence-electron chi connectivity index (χ1n) is 5.74. The minimum atomic E-state index is -0.0886. The molecule has 0 bridgehead atoms. The number of hydrogen-bond acceptors (Lipinski definition) is 4. The van der Waals surface area contributed by atoms with Crippen LogP contribution in [0.4, 0.5) is 5.82 Å². The van der Waals surface area contributed by atoms with Gasteiger partial charge in [0.2, 0.25) is 0 Å². The number of carbonyl (C=O) groups excluding carboxylic acids is 1. The van der Waals surface area contributed by atoms with Crippen LogP contribution in [-0.2, 0) is 11.2 Å². The molecule has 0 saturated carbocycles. The maximum absolute atomic E-state index is 11.4. The SMILES string of the molecule is CC(=O)C1CCc2cc3cnccc3nc2N1.